The molecule has 3 aromatic rings. The van der Waals surface area contributed by atoms with Crippen LogP contribution < -0.4 is 5.32 Å². The quantitative estimate of drug-likeness (QED) is 0.659. The van der Waals surface area contributed by atoms with E-state index in [1.165, 1.54) is 0 Å². The fourth-order valence-corrected chi connectivity index (χ4v) is 3.47. The number of nitrogens with one attached hydrogen (secondary N) is 1. The van der Waals surface area contributed by atoms with Gasteiger partial charge in [-0.15, -0.1) is 28.2 Å². The van der Waals surface area contributed by atoms with E-state index in [0.29, 0.717) is 24.5 Å². The van der Waals surface area contributed by atoms with E-state index in [2.05, 4.69) is 15.5 Å². The summed E-state index contributed by atoms with van der Waals surface area (Å²) >= 11 is 3.27. The van der Waals surface area contributed by atoms with Crippen LogP contribution in [0.25, 0.3) is 0 Å². The Morgan fingerprint density at radius 3 is 2.83 bits per heavy atom. The van der Waals surface area contributed by atoms with Crippen LogP contribution in [-0.4, -0.2) is 21.9 Å². The van der Waals surface area contributed by atoms with E-state index in [-0.39, 0.29) is 11.9 Å². The van der Waals surface area contributed by atoms with Gasteiger partial charge >= 0.3 is 6.01 Å². The second-order valence-electron chi connectivity index (χ2n) is 4.72. The molecule has 5 nitrogen and oxygen atoms in total. The van der Waals surface area contributed by atoms with Crippen LogP contribution in [0.4, 0.5) is 6.01 Å². The van der Waals surface area contributed by atoms with Gasteiger partial charge in [0.2, 0.25) is 11.8 Å². The van der Waals surface area contributed by atoms with Gasteiger partial charge in [-0.2, -0.15) is 0 Å². The van der Waals surface area contributed by atoms with Crippen molar-refractivity contribution < 1.29 is 9.21 Å². The zero-order valence-electron chi connectivity index (χ0n) is 12.3. The van der Waals surface area contributed by atoms with Gasteiger partial charge in [-0.25, -0.2) is 0 Å². The standard InChI is InChI=1S/C16H15N3O2S2/c20-14(8-10-23-12-5-2-1-3-6-12)17-16-19-18-15(21-16)11-13-7-4-9-22-13/h1-7,9H,8,10-11H2,(H,17,19,20). The van der Waals surface area contributed by atoms with Crippen molar-refractivity contribution in [3.63, 3.8) is 0 Å². The lowest BCUT2D eigenvalue weighted by atomic mass is 10.3. The van der Waals surface area contributed by atoms with Crippen molar-refractivity contribution in [1.82, 2.24) is 10.2 Å². The molecule has 1 aromatic carbocycles. The highest BCUT2D eigenvalue weighted by atomic mass is 32.2. The van der Waals surface area contributed by atoms with Crippen LogP contribution in [0, 0.1) is 0 Å². The zero-order valence-corrected chi connectivity index (χ0v) is 13.9. The number of amides is 1. The molecule has 0 saturated heterocycles. The maximum Gasteiger partial charge on any atom is 0.322 e. The molecule has 0 aliphatic rings. The summed E-state index contributed by atoms with van der Waals surface area (Å²) in [6, 6.07) is 14.1. The zero-order chi connectivity index (χ0) is 15.9. The maximum absolute atomic E-state index is 11.9. The molecule has 23 heavy (non-hydrogen) atoms. The van der Waals surface area contributed by atoms with Crippen molar-refractivity contribution >= 4 is 35.0 Å². The second kappa shape index (κ2) is 7.94. The summed E-state index contributed by atoms with van der Waals surface area (Å²) in [6.45, 7) is 0. The number of thioether (sulfide) groups is 1. The van der Waals surface area contributed by atoms with Crippen LogP contribution in [0.2, 0.25) is 0 Å². The second-order valence-corrected chi connectivity index (χ2v) is 6.92. The first-order valence-corrected chi connectivity index (χ1v) is 8.98. The highest BCUT2D eigenvalue weighted by Gasteiger charge is 2.10. The van der Waals surface area contributed by atoms with Crippen molar-refractivity contribution in [3.8, 4) is 0 Å². The molecule has 1 N–H and O–H groups in total. The summed E-state index contributed by atoms with van der Waals surface area (Å²) < 4.78 is 5.44. The lowest BCUT2D eigenvalue weighted by Crippen LogP contribution is -2.12. The minimum atomic E-state index is -0.125. The van der Waals surface area contributed by atoms with Gasteiger partial charge in [0.15, 0.2) is 0 Å². The first-order valence-electron chi connectivity index (χ1n) is 7.12. The van der Waals surface area contributed by atoms with Crippen LogP contribution in [-0.2, 0) is 11.2 Å². The first-order chi connectivity index (χ1) is 11.3. The molecule has 2 aromatic heterocycles. The summed E-state index contributed by atoms with van der Waals surface area (Å²) in [6.07, 6.45) is 0.979. The van der Waals surface area contributed by atoms with E-state index in [4.69, 9.17) is 4.42 Å². The molecule has 0 aliphatic carbocycles. The van der Waals surface area contributed by atoms with Crippen LogP contribution in [0.3, 0.4) is 0 Å². The molecular weight excluding hydrogens is 330 g/mol. The largest absolute Gasteiger partial charge is 0.407 e. The van der Waals surface area contributed by atoms with Gasteiger partial charge < -0.3 is 4.42 Å². The molecule has 2 heterocycles. The number of hydrogen-bond donors (Lipinski definition) is 1. The number of anilines is 1. The lowest BCUT2D eigenvalue weighted by molar-refractivity contribution is -0.115. The average Bonchev–Trinajstić information content (AvgIpc) is 3.21. The lowest BCUT2D eigenvalue weighted by Gasteiger charge is -2.01. The topological polar surface area (TPSA) is 68.0 Å². The Labute approximate surface area is 142 Å². The SMILES string of the molecule is O=C(CCSc1ccccc1)Nc1nnc(Cc2cccs2)o1. The number of nitrogens with zero attached hydrogens (tertiary/aromatic N) is 2. The molecule has 0 saturated carbocycles. The highest BCUT2D eigenvalue weighted by molar-refractivity contribution is 7.99. The Hall–Kier alpha value is -2.12. The average molecular weight is 345 g/mol. The van der Waals surface area contributed by atoms with E-state index >= 15 is 0 Å². The van der Waals surface area contributed by atoms with Crippen molar-refractivity contribution in [2.24, 2.45) is 0 Å². The molecule has 7 heteroatoms. The third-order valence-corrected chi connectivity index (χ3v) is 4.85. The Morgan fingerprint density at radius 2 is 2.04 bits per heavy atom. The highest BCUT2D eigenvalue weighted by Crippen LogP contribution is 2.18. The molecular formula is C16H15N3O2S2. The number of benzene rings is 1. The summed E-state index contributed by atoms with van der Waals surface area (Å²) in [5.41, 5.74) is 0. The van der Waals surface area contributed by atoms with Crippen molar-refractivity contribution in [2.45, 2.75) is 17.7 Å². The minimum Gasteiger partial charge on any atom is -0.407 e. The fraction of sp³-hybridized carbons (Fsp3) is 0.188. The molecule has 0 unspecified atom stereocenters. The van der Waals surface area contributed by atoms with Crippen LogP contribution in [0.15, 0.2) is 57.2 Å². The maximum atomic E-state index is 11.9. The molecule has 0 spiro atoms. The van der Waals surface area contributed by atoms with Crippen molar-refractivity contribution in [1.29, 1.82) is 0 Å². The third-order valence-electron chi connectivity index (χ3n) is 2.96. The molecule has 118 valence electrons. The van der Waals surface area contributed by atoms with Crippen molar-refractivity contribution in [2.75, 3.05) is 11.1 Å². The van der Waals surface area contributed by atoms with E-state index in [9.17, 15) is 4.79 Å². The molecule has 3 rings (SSSR count). The van der Waals surface area contributed by atoms with Gasteiger partial charge in [0.25, 0.3) is 0 Å². The summed E-state index contributed by atoms with van der Waals surface area (Å²) in [5.74, 6) is 1.08. The number of rotatable bonds is 7. The minimum absolute atomic E-state index is 0.125. The number of carbonyl (C=O) groups is 1. The Morgan fingerprint density at radius 1 is 1.17 bits per heavy atom. The Bertz CT molecular complexity index is 742. The van der Waals surface area contributed by atoms with Gasteiger partial charge in [0.05, 0.1) is 6.42 Å². The Balaban J connectivity index is 1.44. The van der Waals surface area contributed by atoms with Gasteiger partial charge in [-0.1, -0.05) is 29.4 Å². The number of hydrogen-bond acceptors (Lipinski definition) is 6. The molecule has 0 atom stereocenters. The molecule has 1 amide bonds. The van der Waals surface area contributed by atoms with Crippen LogP contribution >= 0.6 is 23.1 Å². The summed E-state index contributed by atoms with van der Waals surface area (Å²) in [4.78, 5) is 14.2. The number of carbonyl (C=O) groups excluding carboxylic acids is 1. The van der Waals surface area contributed by atoms with Gasteiger partial charge in [0.1, 0.15) is 0 Å². The van der Waals surface area contributed by atoms with E-state index in [1.807, 2.05) is 47.8 Å². The monoisotopic (exact) mass is 345 g/mol. The number of aromatic nitrogens is 2. The third kappa shape index (κ3) is 4.94. The first kappa shape index (κ1) is 15.8. The molecule has 0 fully saturated rings. The Kier molecular flexibility index (Phi) is 5.44. The smallest absolute Gasteiger partial charge is 0.322 e. The molecule has 0 bridgehead atoms. The van der Waals surface area contributed by atoms with Gasteiger partial charge in [0, 0.05) is 21.9 Å². The predicted octanol–water partition coefficient (Wildman–Crippen LogP) is 3.84. The van der Waals surface area contributed by atoms with E-state index < -0.39 is 0 Å². The fourth-order valence-electron chi connectivity index (χ4n) is 1.90. The van der Waals surface area contributed by atoms with Gasteiger partial charge in [-0.3, -0.25) is 10.1 Å². The van der Waals surface area contributed by atoms with Crippen LogP contribution in [0.5, 0.6) is 0 Å². The van der Waals surface area contributed by atoms with Gasteiger partial charge in [-0.05, 0) is 23.6 Å². The summed E-state index contributed by atoms with van der Waals surface area (Å²) in [7, 11) is 0. The van der Waals surface area contributed by atoms with E-state index in [1.54, 1.807) is 23.1 Å². The van der Waals surface area contributed by atoms with Crippen molar-refractivity contribution in [3.05, 3.63) is 58.6 Å². The normalized spacial score (nSPS) is 10.6. The van der Waals surface area contributed by atoms with E-state index in [0.717, 1.165) is 9.77 Å². The molecule has 0 aliphatic heterocycles. The predicted molar refractivity (Wildman–Crippen MR) is 91.8 cm³/mol. The molecule has 0 radical (unpaired) electrons. The van der Waals surface area contributed by atoms with Crippen LogP contribution in [0.1, 0.15) is 17.2 Å². The number of thiophene rings is 1. The summed E-state index contributed by atoms with van der Waals surface area (Å²) in [5, 5.41) is 12.4.